The van der Waals surface area contributed by atoms with E-state index in [-0.39, 0.29) is 0 Å². The van der Waals surface area contributed by atoms with Crippen molar-refractivity contribution in [1.29, 1.82) is 0 Å². The fourth-order valence-electron chi connectivity index (χ4n) is 2.22. The third kappa shape index (κ3) is 3.49. The maximum absolute atomic E-state index is 6.26. The summed E-state index contributed by atoms with van der Waals surface area (Å²) < 4.78 is 0. The molecule has 1 aliphatic carbocycles. The third-order valence-corrected chi connectivity index (χ3v) is 4.62. The van der Waals surface area contributed by atoms with Crippen LogP contribution < -0.4 is 5.73 Å². The van der Waals surface area contributed by atoms with E-state index in [2.05, 4.69) is 17.1 Å². The van der Waals surface area contributed by atoms with E-state index in [1.807, 2.05) is 24.2 Å². The smallest absolute Gasteiger partial charge is 0.0278 e. The lowest BCUT2D eigenvalue weighted by molar-refractivity contribution is 0.463. The Hall–Kier alpha value is -0.540. The standard InChI is InChI=1S/C13H20N2S/c14-12-5-3-1-2-4-6-13(12)16-11-7-9-15-10-8-11/h7-10,12-13H,1-6,14H2. The molecular weight excluding hydrogens is 216 g/mol. The van der Waals surface area contributed by atoms with Gasteiger partial charge in [-0.2, -0.15) is 0 Å². The topological polar surface area (TPSA) is 38.9 Å². The van der Waals surface area contributed by atoms with Crippen LogP contribution in [0.25, 0.3) is 0 Å². The van der Waals surface area contributed by atoms with Gasteiger partial charge < -0.3 is 5.73 Å². The number of thioether (sulfide) groups is 1. The summed E-state index contributed by atoms with van der Waals surface area (Å²) in [6, 6.07) is 4.52. The lowest BCUT2D eigenvalue weighted by Gasteiger charge is -2.25. The van der Waals surface area contributed by atoms with Crippen molar-refractivity contribution in [2.24, 2.45) is 5.73 Å². The van der Waals surface area contributed by atoms with Crippen LogP contribution in [0.4, 0.5) is 0 Å². The Kier molecular flexibility index (Phi) is 4.67. The number of aromatic nitrogens is 1. The summed E-state index contributed by atoms with van der Waals surface area (Å²) in [6.45, 7) is 0. The number of hydrogen-bond acceptors (Lipinski definition) is 3. The number of pyridine rings is 1. The van der Waals surface area contributed by atoms with Crippen molar-refractivity contribution in [3.05, 3.63) is 24.5 Å². The van der Waals surface area contributed by atoms with Crippen LogP contribution >= 0.6 is 11.8 Å². The Morgan fingerprint density at radius 3 is 2.50 bits per heavy atom. The maximum atomic E-state index is 6.26. The van der Waals surface area contributed by atoms with Gasteiger partial charge in [-0.25, -0.2) is 0 Å². The number of nitrogens with two attached hydrogens (primary N) is 1. The fraction of sp³-hybridized carbons (Fsp3) is 0.615. The minimum Gasteiger partial charge on any atom is -0.327 e. The van der Waals surface area contributed by atoms with Gasteiger partial charge in [-0.1, -0.05) is 25.7 Å². The van der Waals surface area contributed by atoms with Crippen LogP contribution in [0.15, 0.2) is 29.4 Å². The summed E-state index contributed by atoms with van der Waals surface area (Å²) in [7, 11) is 0. The molecule has 0 amide bonds. The number of nitrogens with zero attached hydrogens (tertiary/aromatic N) is 1. The molecule has 1 aromatic heterocycles. The van der Waals surface area contributed by atoms with E-state index in [0.717, 1.165) is 0 Å². The minimum atomic E-state index is 0.360. The van der Waals surface area contributed by atoms with Gasteiger partial charge in [0, 0.05) is 28.6 Å². The highest BCUT2D eigenvalue weighted by atomic mass is 32.2. The zero-order valence-electron chi connectivity index (χ0n) is 9.64. The van der Waals surface area contributed by atoms with Crippen LogP contribution in [-0.4, -0.2) is 16.3 Å². The highest BCUT2D eigenvalue weighted by molar-refractivity contribution is 8.00. The van der Waals surface area contributed by atoms with Gasteiger partial charge in [0.1, 0.15) is 0 Å². The molecular formula is C13H20N2S. The van der Waals surface area contributed by atoms with E-state index in [1.165, 1.54) is 43.4 Å². The maximum Gasteiger partial charge on any atom is 0.0278 e. The first-order valence-electron chi connectivity index (χ1n) is 6.18. The molecule has 2 N–H and O–H groups in total. The van der Waals surface area contributed by atoms with E-state index < -0.39 is 0 Å². The van der Waals surface area contributed by atoms with Crippen molar-refractivity contribution in [2.45, 2.75) is 54.7 Å². The molecule has 0 saturated heterocycles. The van der Waals surface area contributed by atoms with E-state index in [9.17, 15) is 0 Å². The number of hydrogen-bond donors (Lipinski definition) is 1. The van der Waals surface area contributed by atoms with Gasteiger partial charge >= 0.3 is 0 Å². The lowest BCUT2D eigenvalue weighted by Crippen LogP contribution is -2.33. The monoisotopic (exact) mass is 236 g/mol. The van der Waals surface area contributed by atoms with E-state index >= 15 is 0 Å². The van der Waals surface area contributed by atoms with Gasteiger partial charge in [0.2, 0.25) is 0 Å². The Labute approximate surface area is 102 Å². The van der Waals surface area contributed by atoms with Crippen molar-refractivity contribution in [3.8, 4) is 0 Å². The Balaban J connectivity index is 1.95. The van der Waals surface area contributed by atoms with Gasteiger partial charge in [0.05, 0.1) is 0 Å². The largest absolute Gasteiger partial charge is 0.327 e. The van der Waals surface area contributed by atoms with Gasteiger partial charge in [-0.3, -0.25) is 4.98 Å². The van der Waals surface area contributed by atoms with Gasteiger partial charge in [0.15, 0.2) is 0 Å². The molecule has 1 aromatic rings. The predicted octanol–water partition coefficient (Wildman–Crippen LogP) is 3.22. The lowest BCUT2D eigenvalue weighted by atomic mass is 9.97. The van der Waals surface area contributed by atoms with Crippen LogP contribution in [-0.2, 0) is 0 Å². The SMILES string of the molecule is NC1CCCCCCC1Sc1ccncc1. The second-order valence-corrected chi connectivity index (χ2v) is 5.81. The summed E-state index contributed by atoms with van der Waals surface area (Å²) in [5, 5.41) is 0.586. The van der Waals surface area contributed by atoms with Crippen LogP contribution in [0.1, 0.15) is 38.5 Å². The quantitative estimate of drug-likeness (QED) is 0.857. The Morgan fingerprint density at radius 2 is 1.75 bits per heavy atom. The summed E-state index contributed by atoms with van der Waals surface area (Å²) in [6.07, 6.45) is 11.5. The van der Waals surface area contributed by atoms with Crippen molar-refractivity contribution in [2.75, 3.05) is 0 Å². The first-order valence-corrected chi connectivity index (χ1v) is 7.06. The summed E-state index contributed by atoms with van der Waals surface area (Å²) in [5.41, 5.74) is 6.26. The van der Waals surface area contributed by atoms with Gasteiger partial charge in [-0.05, 0) is 25.0 Å². The summed E-state index contributed by atoms with van der Waals surface area (Å²) in [4.78, 5) is 5.35. The third-order valence-electron chi connectivity index (χ3n) is 3.19. The molecule has 0 radical (unpaired) electrons. The Bertz CT molecular complexity index is 302. The molecule has 16 heavy (non-hydrogen) atoms. The van der Waals surface area contributed by atoms with E-state index in [1.54, 1.807) is 0 Å². The minimum absolute atomic E-state index is 0.360. The second-order valence-electron chi connectivity index (χ2n) is 4.49. The average Bonchev–Trinajstić information content (AvgIpc) is 2.30. The summed E-state index contributed by atoms with van der Waals surface area (Å²) in [5.74, 6) is 0. The van der Waals surface area contributed by atoms with Crippen molar-refractivity contribution in [3.63, 3.8) is 0 Å². The molecule has 1 heterocycles. The molecule has 0 bridgehead atoms. The van der Waals surface area contributed by atoms with Gasteiger partial charge in [-0.15, -0.1) is 11.8 Å². The average molecular weight is 236 g/mol. The molecule has 3 heteroatoms. The highest BCUT2D eigenvalue weighted by Gasteiger charge is 2.20. The van der Waals surface area contributed by atoms with Crippen LogP contribution in [0, 0.1) is 0 Å². The molecule has 1 saturated carbocycles. The van der Waals surface area contributed by atoms with Crippen molar-refractivity contribution < 1.29 is 0 Å². The zero-order valence-corrected chi connectivity index (χ0v) is 10.5. The molecule has 2 atom stereocenters. The molecule has 1 fully saturated rings. The molecule has 1 aliphatic rings. The molecule has 2 rings (SSSR count). The fourth-order valence-corrected chi connectivity index (χ4v) is 3.44. The molecule has 0 aliphatic heterocycles. The first-order chi connectivity index (χ1) is 7.86. The van der Waals surface area contributed by atoms with Crippen LogP contribution in [0.3, 0.4) is 0 Å². The molecule has 0 spiro atoms. The molecule has 2 unspecified atom stereocenters. The predicted molar refractivity (Wildman–Crippen MR) is 69.6 cm³/mol. The summed E-state index contributed by atoms with van der Waals surface area (Å²) >= 11 is 1.93. The Morgan fingerprint density at radius 1 is 1.06 bits per heavy atom. The van der Waals surface area contributed by atoms with Crippen molar-refractivity contribution >= 4 is 11.8 Å². The first kappa shape index (κ1) is 11.9. The van der Waals surface area contributed by atoms with Crippen LogP contribution in [0.5, 0.6) is 0 Å². The second kappa shape index (κ2) is 6.26. The number of rotatable bonds is 2. The normalized spacial score (nSPS) is 27.1. The van der Waals surface area contributed by atoms with Gasteiger partial charge in [0.25, 0.3) is 0 Å². The van der Waals surface area contributed by atoms with Crippen molar-refractivity contribution in [1.82, 2.24) is 4.98 Å². The van der Waals surface area contributed by atoms with E-state index in [0.29, 0.717) is 11.3 Å². The highest BCUT2D eigenvalue weighted by Crippen LogP contribution is 2.31. The van der Waals surface area contributed by atoms with E-state index in [4.69, 9.17) is 5.73 Å². The molecule has 0 aromatic carbocycles. The molecule has 88 valence electrons. The van der Waals surface area contributed by atoms with Crippen LogP contribution in [0.2, 0.25) is 0 Å². The zero-order chi connectivity index (χ0) is 11.2. The molecule has 2 nitrogen and oxygen atoms in total.